The Morgan fingerprint density at radius 1 is 1.40 bits per heavy atom. The van der Waals surface area contributed by atoms with Crippen LogP contribution in [0.4, 0.5) is 11.4 Å². The van der Waals surface area contributed by atoms with E-state index in [1.54, 1.807) is 18.0 Å². The molecule has 0 saturated heterocycles. The lowest BCUT2D eigenvalue weighted by molar-refractivity contribution is -0.135. The first kappa shape index (κ1) is 9.79. The zero-order valence-electron chi connectivity index (χ0n) is 8.29. The largest absolute Gasteiger partial charge is 0.480 e. The van der Waals surface area contributed by atoms with Gasteiger partial charge in [-0.25, -0.2) is 0 Å². The molecule has 1 aromatic rings. The Labute approximate surface area is 87.2 Å². The van der Waals surface area contributed by atoms with Gasteiger partial charge in [0.25, 0.3) is 0 Å². The summed E-state index contributed by atoms with van der Waals surface area (Å²) in [6.07, 6.45) is -0.904. The van der Waals surface area contributed by atoms with Crippen molar-refractivity contribution in [2.75, 3.05) is 23.4 Å². The molecule has 1 aliphatic rings. The molecule has 5 heteroatoms. The van der Waals surface area contributed by atoms with Crippen LogP contribution in [0.1, 0.15) is 0 Å². The van der Waals surface area contributed by atoms with Crippen molar-refractivity contribution < 1.29 is 15.0 Å². The normalized spacial score (nSPS) is 19.2. The van der Waals surface area contributed by atoms with Gasteiger partial charge in [0.15, 0.2) is 0 Å². The Kier molecular flexibility index (Phi) is 2.24. The van der Waals surface area contributed by atoms with E-state index in [0.29, 0.717) is 0 Å². The van der Waals surface area contributed by atoms with Crippen molar-refractivity contribution in [3.8, 4) is 0 Å². The van der Waals surface area contributed by atoms with E-state index in [9.17, 15) is 9.90 Å². The Hall–Kier alpha value is -1.75. The zero-order chi connectivity index (χ0) is 11.0. The number of aliphatic hydroxyl groups is 1. The van der Waals surface area contributed by atoms with Crippen LogP contribution in [0.25, 0.3) is 0 Å². The van der Waals surface area contributed by atoms with Crippen LogP contribution in [0.2, 0.25) is 0 Å². The number of aliphatic carboxylic acids is 1. The van der Waals surface area contributed by atoms with Crippen LogP contribution >= 0.6 is 0 Å². The summed E-state index contributed by atoms with van der Waals surface area (Å²) in [5.41, 5.74) is 1.58. The lowest BCUT2D eigenvalue weighted by Crippen LogP contribution is -2.43. The van der Waals surface area contributed by atoms with Crippen LogP contribution in [0, 0.1) is 0 Å². The van der Waals surface area contributed by atoms with E-state index in [1.807, 2.05) is 18.2 Å². The van der Waals surface area contributed by atoms with Gasteiger partial charge in [-0.3, -0.25) is 4.79 Å². The fourth-order valence-corrected chi connectivity index (χ4v) is 1.78. The molecule has 0 spiro atoms. The molecule has 0 aromatic heterocycles. The maximum atomic E-state index is 10.6. The van der Waals surface area contributed by atoms with E-state index < -0.39 is 12.3 Å². The monoisotopic (exact) mass is 208 g/mol. The van der Waals surface area contributed by atoms with Crippen LogP contribution in [-0.4, -0.2) is 36.1 Å². The molecule has 0 saturated carbocycles. The molecule has 1 aromatic carbocycles. The number of nitrogens with zero attached hydrogens (tertiary/aromatic N) is 2. The highest BCUT2D eigenvalue weighted by atomic mass is 16.4. The number of hydrogen-bond donors (Lipinski definition) is 2. The summed E-state index contributed by atoms with van der Waals surface area (Å²) in [7, 11) is 1.73. The number of carboxylic acid groups (broad SMARTS) is 1. The first-order valence-corrected chi connectivity index (χ1v) is 4.59. The maximum Gasteiger partial charge on any atom is 0.323 e. The van der Waals surface area contributed by atoms with Gasteiger partial charge >= 0.3 is 5.97 Å². The third-order valence-electron chi connectivity index (χ3n) is 2.50. The van der Waals surface area contributed by atoms with Crippen molar-refractivity contribution in [1.29, 1.82) is 0 Å². The molecule has 80 valence electrons. The fourth-order valence-electron chi connectivity index (χ4n) is 1.78. The second-order valence-corrected chi connectivity index (χ2v) is 3.47. The van der Waals surface area contributed by atoms with Crippen molar-refractivity contribution in [3.63, 3.8) is 0 Å². The minimum Gasteiger partial charge on any atom is -0.480 e. The maximum absolute atomic E-state index is 10.6. The van der Waals surface area contributed by atoms with Gasteiger partial charge in [-0.1, -0.05) is 12.1 Å². The molecule has 2 N–H and O–H groups in total. The highest BCUT2D eigenvalue weighted by molar-refractivity contribution is 5.82. The average molecular weight is 208 g/mol. The summed E-state index contributed by atoms with van der Waals surface area (Å²) in [5.74, 6) is -0.959. The van der Waals surface area contributed by atoms with Crippen molar-refractivity contribution in [1.82, 2.24) is 0 Å². The molecule has 0 aliphatic carbocycles. The lowest BCUT2D eigenvalue weighted by atomic mass is 10.2. The molecule has 0 fully saturated rings. The SMILES string of the molecule is CN1c2ccccc2N(CC(=O)O)C1O. The summed E-state index contributed by atoms with van der Waals surface area (Å²) in [5, 5.41) is 18.5. The standard InChI is InChI=1S/C10H12N2O3/c1-11-7-4-2-3-5-8(7)12(10(11)15)6-9(13)14/h2-5,10,15H,6H2,1H3,(H,13,14). The van der Waals surface area contributed by atoms with Crippen LogP contribution in [0.3, 0.4) is 0 Å². The van der Waals surface area contributed by atoms with E-state index in [0.717, 1.165) is 11.4 Å². The van der Waals surface area contributed by atoms with E-state index in [-0.39, 0.29) is 6.54 Å². The smallest absolute Gasteiger partial charge is 0.323 e. The molecule has 1 unspecified atom stereocenters. The second kappa shape index (κ2) is 3.43. The first-order valence-electron chi connectivity index (χ1n) is 4.59. The first-order chi connectivity index (χ1) is 7.11. The predicted octanol–water partition coefficient (Wildman–Crippen LogP) is 0.303. The summed E-state index contributed by atoms with van der Waals surface area (Å²) >= 11 is 0. The quantitative estimate of drug-likeness (QED) is 0.732. The number of fused-ring (bicyclic) bond motifs is 1. The molecule has 0 amide bonds. The van der Waals surface area contributed by atoms with Gasteiger partial charge in [-0.15, -0.1) is 0 Å². The highest BCUT2D eigenvalue weighted by Gasteiger charge is 2.32. The molecule has 5 nitrogen and oxygen atoms in total. The fraction of sp³-hybridized carbons (Fsp3) is 0.300. The number of carboxylic acids is 1. The van der Waals surface area contributed by atoms with Gasteiger partial charge in [0, 0.05) is 7.05 Å². The van der Waals surface area contributed by atoms with Crippen molar-refractivity contribution >= 4 is 17.3 Å². The van der Waals surface area contributed by atoms with Crippen LogP contribution < -0.4 is 9.80 Å². The Bertz CT molecular complexity index is 394. The van der Waals surface area contributed by atoms with E-state index in [4.69, 9.17) is 5.11 Å². The minimum atomic E-state index is -0.959. The van der Waals surface area contributed by atoms with Gasteiger partial charge in [0.05, 0.1) is 11.4 Å². The van der Waals surface area contributed by atoms with Gasteiger partial charge in [-0.05, 0) is 12.1 Å². The molecular weight excluding hydrogens is 196 g/mol. The molecule has 2 rings (SSSR count). The molecule has 1 aliphatic heterocycles. The van der Waals surface area contributed by atoms with Gasteiger partial charge in [0.1, 0.15) is 6.54 Å². The van der Waals surface area contributed by atoms with Crippen LogP contribution in [0.15, 0.2) is 24.3 Å². The Balaban J connectivity index is 2.37. The predicted molar refractivity (Wildman–Crippen MR) is 55.8 cm³/mol. The summed E-state index contributed by atoms with van der Waals surface area (Å²) in [6.45, 7) is -0.206. The van der Waals surface area contributed by atoms with Crippen molar-refractivity contribution in [2.45, 2.75) is 6.35 Å². The van der Waals surface area contributed by atoms with E-state index in [1.165, 1.54) is 4.90 Å². The van der Waals surface area contributed by atoms with Gasteiger partial charge in [-0.2, -0.15) is 0 Å². The van der Waals surface area contributed by atoms with E-state index >= 15 is 0 Å². The molecule has 1 atom stereocenters. The molecule has 1 heterocycles. The van der Waals surface area contributed by atoms with Crippen molar-refractivity contribution in [2.24, 2.45) is 0 Å². The second-order valence-electron chi connectivity index (χ2n) is 3.47. The number of carbonyl (C=O) groups is 1. The number of benzene rings is 1. The summed E-state index contributed by atoms with van der Waals surface area (Å²) < 4.78 is 0. The van der Waals surface area contributed by atoms with Crippen molar-refractivity contribution in [3.05, 3.63) is 24.3 Å². The van der Waals surface area contributed by atoms with Gasteiger partial charge < -0.3 is 20.0 Å². The molecular formula is C10H12N2O3. The topological polar surface area (TPSA) is 64.0 Å². The summed E-state index contributed by atoms with van der Waals surface area (Å²) in [6, 6.07) is 7.32. The van der Waals surface area contributed by atoms with E-state index in [2.05, 4.69) is 0 Å². The molecule has 15 heavy (non-hydrogen) atoms. The third-order valence-corrected chi connectivity index (χ3v) is 2.50. The number of para-hydroxylation sites is 2. The van der Waals surface area contributed by atoms with Crippen LogP contribution in [0.5, 0.6) is 0 Å². The Morgan fingerprint density at radius 3 is 2.60 bits per heavy atom. The number of anilines is 2. The molecule has 0 radical (unpaired) electrons. The average Bonchev–Trinajstić information content (AvgIpc) is 2.44. The minimum absolute atomic E-state index is 0.206. The van der Waals surface area contributed by atoms with Gasteiger partial charge in [0.2, 0.25) is 6.35 Å². The molecule has 0 bridgehead atoms. The Morgan fingerprint density at radius 2 is 2.00 bits per heavy atom. The third kappa shape index (κ3) is 1.50. The lowest BCUT2D eigenvalue weighted by Gasteiger charge is -2.24. The number of aliphatic hydroxyl groups excluding tert-OH is 1. The highest BCUT2D eigenvalue weighted by Crippen LogP contribution is 2.36. The number of rotatable bonds is 2. The van der Waals surface area contributed by atoms with Crippen LogP contribution in [-0.2, 0) is 4.79 Å². The summed E-state index contributed by atoms with van der Waals surface area (Å²) in [4.78, 5) is 13.7. The number of hydrogen-bond acceptors (Lipinski definition) is 4. The zero-order valence-corrected chi connectivity index (χ0v) is 8.29.